The summed E-state index contributed by atoms with van der Waals surface area (Å²) in [6.07, 6.45) is -2.36. The summed E-state index contributed by atoms with van der Waals surface area (Å²) in [7, 11) is 0. The molecule has 2 N–H and O–H groups in total. The van der Waals surface area contributed by atoms with Crippen molar-refractivity contribution in [1.29, 1.82) is 0 Å². The van der Waals surface area contributed by atoms with Crippen LogP contribution in [0.15, 0.2) is 24.3 Å². The van der Waals surface area contributed by atoms with Gasteiger partial charge >= 0.3 is 6.18 Å². The summed E-state index contributed by atoms with van der Waals surface area (Å²) in [6, 6.07) is 5.24. The van der Waals surface area contributed by atoms with E-state index in [2.05, 4.69) is 10.6 Å². The fourth-order valence-electron chi connectivity index (χ4n) is 1.69. The summed E-state index contributed by atoms with van der Waals surface area (Å²) in [6.45, 7) is 2.79. The molecule has 20 heavy (non-hydrogen) atoms. The molecule has 0 heterocycles. The standard InChI is InChI=1S/C14H19F3N2O/c1-2-3-9-19-13(20)8-10-18-12-7-5-4-6-11(12)14(15,16)17/h4-7,18H,2-3,8-10H2,1H3,(H,19,20). The lowest BCUT2D eigenvalue weighted by molar-refractivity contribution is -0.137. The van der Waals surface area contributed by atoms with Gasteiger partial charge in [-0.15, -0.1) is 0 Å². The number of hydrogen-bond acceptors (Lipinski definition) is 2. The first kappa shape index (κ1) is 16.3. The zero-order valence-corrected chi connectivity index (χ0v) is 11.4. The number of amides is 1. The van der Waals surface area contributed by atoms with Crippen molar-refractivity contribution < 1.29 is 18.0 Å². The highest BCUT2D eigenvalue weighted by molar-refractivity contribution is 5.76. The fourth-order valence-corrected chi connectivity index (χ4v) is 1.69. The van der Waals surface area contributed by atoms with E-state index in [0.29, 0.717) is 6.54 Å². The number of nitrogens with one attached hydrogen (secondary N) is 2. The normalized spacial score (nSPS) is 11.2. The molecule has 1 aromatic rings. The van der Waals surface area contributed by atoms with Crippen LogP contribution in [0.2, 0.25) is 0 Å². The van der Waals surface area contributed by atoms with Crippen LogP contribution in [0, 0.1) is 0 Å². The number of para-hydroxylation sites is 1. The molecule has 0 aliphatic carbocycles. The van der Waals surface area contributed by atoms with E-state index in [4.69, 9.17) is 0 Å². The molecule has 0 radical (unpaired) electrons. The Morgan fingerprint density at radius 1 is 1.20 bits per heavy atom. The number of alkyl halides is 3. The van der Waals surface area contributed by atoms with E-state index in [1.54, 1.807) is 0 Å². The van der Waals surface area contributed by atoms with Gasteiger partial charge in [-0.3, -0.25) is 4.79 Å². The molecule has 1 amide bonds. The van der Waals surface area contributed by atoms with Crippen LogP contribution in [0.3, 0.4) is 0 Å². The maximum absolute atomic E-state index is 12.7. The summed E-state index contributed by atoms with van der Waals surface area (Å²) in [4.78, 5) is 11.4. The first-order valence-electron chi connectivity index (χ1n) is 6.62. The highest BCUT2D eigenvalue weighted by Crippen LogP contribution is 2.34. The minimum atomic E-state index is -4.40. The van der Waals surface area contributed by atoms with E-state index in [0.717, 1.165) is 18.9 Å². The van der Waals surface area contributed by atoms with Crippen molar-refractivity contribution in [3.8, 4) is 0 Å². The zero-order valence-electron chi connectivity index (χ0n) is 11.4. The van der Waals surface area contributed by atoms with Crippen molar-refractivity contribution in [3.05, 3.63) is 29.8 Å². The van der Waals surface area contributed by atoms with Crippen molar-refractivity contribution >= 4 is 11.6 Å². The second-order valence-corrected chi connectivity index (χ2v) is 4.42. The first-order chi connectivity index (χ1) is 9.45. The highest BCUT2D eigenvalue weighted by Gasteiger charge is 2.32. The summed E-state index contributed by atoms with van der Waals surface area (Å²) in [5, 5.41) is 5.37. The van der Waals surface area contributed by atoms with Gasteiger partial charge in [0.1, 0.15) is 0 Å². The molecule has 6 heteroatoms. The number of carbonyl (C=O) groups excluding carboxylic acids is 1. The molecule has 1 rings (SSSR count). The Morgan fingerprint density at radius 3 is 2.55 bits per heavy atom. The SMILES string of the molecule is CCCCNC(=O)CCNc1ccccc1C(F)(F)F. The van der Waals surface area contributed by atoms with Crippen LogP contribution >= 0.6 is 0 Å². The molecule has 1 aromatic carbocycles. The zero-order chi connectivity index (χ0) is 15.0. The third kappa shape index (κ3) is 5.50. The van der Waals surface area contributed by atoms with Crippen LogP contribution in [0.1, 0.15) is 31.7 Å². The van der Waals surface area contributed by atoms with Gasteiger partial charge in [-0.2, -0.15) is 13.2 Å². The molecule has 0 saturated carbocycles. The lowest BCUT2D eigenvalue weighted by Crippen LogP contribution is -2.26. The number of halogens is 3. The van der Waals surface area contributed by atoms with Gasteiger partial charge in [-0.1, -0.05) is 25.5 Å². The molecule has 112 valence electrons. The Hall–Kier alpha value is -1.72. The molecule has 3 nitrogen and oxygen atoms in total. The van der Waals surface area contributed by atoms with E-state index in [1.807, 2.05) is 6.92 Å². The maximum atomic E-state index is 12.7. The average molecular weight is 288 g/mol. The van der Waals surface area contributed by atoms with Crippen LogP contribution in [0.5, 0.6) is 0 Å². The third-order valence-electron chi connectivity index (χ3n) is 2.75. The van der Waals surface area contributed by atoms with Crippen LogP contribution in [-0.2, 0) is 11.0 Å². The van der Waals surface area contributed by atoms with Crippen LogP contribution in [0.25, 0.3) is 0 Å². The van der Waals surface area contributed by atoms with E-state index >= 15 is 0 Å². The van der Waals surface area contributed by atoms with E-state index < -0.39 is 11.7 Å². The number of rotatable bonds is 7. The van der Waals surface area contributed by atoms with Gasteiger partial charge in [0.05, 0.1) is 5.56 Å². The van der Waals surface area contributed by atoms with Gasteiger partial charge in [0.15, 0.2) is 0 Å². The Labute approximate surface area is 116 Å². The van der Waals surface area contributed by atoms with E-state index in [-0.39, 0.29) is 24.6 Å². The largest absolute Gasteiger partial charge is 0.418 e. The molecule has 0 aliphatic heterocycles. The second-order valence-electron chi connectivity index (χ2n) is 4.42. The van der Waals surface area contributed by atoms with E-state index in [9.17, 15) is 18.0 Å². The minimum absolute atomic E-state index is 0.00126. The Bertz CT molecular complexity index is 433. The number of anilines is 1. The molecule has 0 spiro atoms. The molecule has 0 unspecified atom stereocenters. The lowest BCUT2D eigenvalue weighted by atomic mass is 10.1. The Kier molecular flexibility index (Phi) is 6.35. The Balaban J connectivity index is 2.45. The summed E-state index contributed by atoms with van der Waals surface area (Å²) in [5.41, 5.74) is -0.715. The molecular formula is C14H19F3N2O. The number of hydrogen-bond donors (Lipinski definition) is 2. The number of benzene rings is 1. The summed E-state index contributed by atoms with van der Waals surface area (Å²) < 4.78 is 38.2. The van der Waals surface area contributed by atoms with Gasteiger partial charge in [0, 0.05) is 25.2 Å². The smallest absolute Gasteiger partial charge is 0.384 e. The van der Waals surface area contributed by atoms with Gasteiger partial charge in [0.25, 0.3) is 0 Å². The van der Waals surface area contributed by atoms with Crippen LogP contribution < -0.4 is 10.6 Å². The summed E-state index contributed by atoms with van der Waals surface area (Å²) >= 11 is 0. The molecule has 0 fully saturated rings. The van der Waals surface area contributed by atoms with E-state index in [1.165, 1.54) is 18.2 Å². The monoisotopic (exact) mass is 288 g/mol. The first-order valence-corrected chi connectivity index (χ1v) is 6.62. The predicted octanol–water partition coefficient (Wildman–Crippen LogP) is 3.42. The van der Waals surface area contributed by atoms with Crippen molar-refractivity contribution in [2.45, 2.75) is 32.4 Å². The van der Waals surface area contributed by atoms with Crippen molar-refractivity contribution in [3.63, 3.8) is 0 Å². The van der Waals surface area contributed by atoms with Crippen molar-refractivity contribution in [2.24, 2.45) is 0 Å². The molecule has 0 atom stereocenters. The highest BCUT2D eigenvalue weighted by atomic mass is 19.4. The molecule has 0 bridgehead atoms. The minimum Gasteiger partial charge on any atom is -0.384 e. The van der Waals surface area contributed by atoms with Crippen molar-refractivity contribution in [1.82, 2.24) is 5.32 Å². The Morgan fingerprint density at radius 2 is 1.90 bits per heavy atom. The number of unbranched alkanes of at least 4 members (excludes halogenated alkanes) is 1. The van der Waals surface area contributed by atoms with Gasteiger partial charge < -0.3 is 10.6 Å². The maximum Gasteiger partial charge on any atom is 0.418 e. The van der Waals surface area contributed by atoms with Gasteiger partial charge in [-0.05, 0) is 18.6 Å². The average Bonchev–Trinajstić information content (AvgIpc) is 2.38. The molecule has 0 saturated heterocycles. The molecule has 0 aromatic heterocycles. The van der Waals surface area contributed by atoms with Gasteiger partial charge in [0.2, 0.25) is 5.91 Å². The number of carbonyl (C=O) groups is 1. The van der Waals surface area contributed by atoms with Crippen LogP contribution in [-0.4, -0.2) is 19.0 Å². The quantitative estimate of drug-likeness (QED) is 0.755. The van der Waals surface area contributed by atoms with Crippen LogP contribution in [0.4, 0.5) is 18.9 Å². The summed E-state index contributed by atoms with van der Waals surface area (Å²) in [5.74, 6) is -0.157. The van der Waals surface area contributed by atoms with Crippen molar-refractivity contribution in [2.75, 3.05) is 18.4 Å². The predicted molar refractivity (Wildman–Crippen MR) is 72.5 cm³/mol. The second kappa shape index (κ2) is 7.77. The fraction of sp³-hybridized carbons (Fsp3) is 0.500. The van der Waals surface area contributed by atoms with Gasteiger partial charge in [-0.25, -0.2) is 0 Å². The third-order valence-corrected chi connectivity index (χ3v) is 2.75. The molecule has 0 aliphatic rings. The topological polar surface area (TPSA) is 41.1 Å². The lowest BCUT2D eigenvalue weighted by Gasteiger charge is -2.14. The molecular weight excluding hydrogens is 269 g/mol.